The van der Waals surface area contributed by atoms with E-state index in [-0.39, 0.29) is 43.8 Å². The number of carbonyl (C=O) groups excluding carboxylic acids is 3. The molecule has 2 aliphatic rings. The van der Waals surface area contributed by atoms with Crippen molar-refractivity contribution < 1.29 is 38.8 Å². The maximum atomic E-state index is 14.0. The number of hydrogen-bond acceptors (Lipinski definition) is 8. The highest BCUT2D eigenvalue weighted by Gasteiger charge is 2.50. The van der Waals surface area contributed by atoms with Gasteiger partial charge in [-0.3, -0.25) is 9.59 Å². The first-order valence-corrected chi connectivity index (χ1v) is 13.2. The van der Waals surface area contributed by atoms with Crippen molar-refractivity contribution >= 4 is 33.7 Å². The number of aliphatic hydroxyl groups excluding tert-OH is 1. The largest absolute Gasteiger partial charge is 0.446 e. The molecule has 10 heteroatoms. The lowest BCUT2D eigenvalue weighted by Crippen LogP contribution is -2.52. The highest BCUT2D eigenvalue weighted by atomic mass is 79.9. The molecule has 2 aliphatic heterocycles. The molecule has 0 aliphatic carbocycles. The molecule has 2 heterocycles. The molecule has 1 saturated heterocycles. The number of halogens is 1. The molecule has 4 rings (SSSR count). The fraction of sp³-hybridized carbons (Fsp3) is 0.393. The Morgan fingerprint density at radius 2 is 1.79 bits per heavy atom. The SMILES string of the molecule is O=C1C=C(Br)[C@](O)(CCCOCCO)O[C@@H]1[C@@H](Cc1ccccc1)C(=O)N1C(=O)OC[C@H]1c1ccccc1. The Kier molecular flexibility index (Phi) is 9.45. The summed E-state index contributed by atoms with van der Waals surface area (Å²) in [4.78, 5) is 41.1. The number of benzene rings is 2. The van der Waals surface area contributed by atoms with Crippen LogP contribution in [0.4, 0.5) is 4.79 Å². The molecule has 9 nitrogen and oxygen atoms in total. The third-order valence-corrected chi connectivity index (χ3v) is 7.41. The van der Waals surface area contributed by atoms with E-state index in [0.717, 1.165) is 16.0 Å². The van der Waals surface area contributed by atoms with Crippen LogP contribution in [0.3, 0.4) is 0 Å². The Morgan fingerprint density at radius 3 is 2.47 bits per heavy atom. The van der Waals surface area contributed by atoms with Crippen molar-refractivity contribution in [1.29, 1.82) is 0 Å². The van der Waals surface area contributed by atoms with Crippen molar-refractivity contribution in [3.63, 3.8) is 0 Å². The van der Waals surface area contributed by atoms with Gasteiger partial charge >= 0.3 is 6.09 Å². The molecule has 2 aromatic rings. The summed E-state index contributed by atoms with van der Waals surface area (Å²) in [7, 11) is 0. The molecule has 0 spiro atoms. The van der Waals surface area contributed by atoms with Crippen molar-refractivity contribution in [1.82, 2.24) is 4.90 Å². The number of imide groups is 1. The minimum atomic E-state index is -1.87. The minimum absolute atomic E-state index is 0.00462. The molecule has 2 aromatic carbocycles. The van der Waals surface area contributed by atoms with Gasteiger partial charge in [-0.1, -0.05) is 60.7 Å². The molecule has 38 heavy (non-hydrogen) atoms. The number of rotatable bonds is 11. The first-order chi connectivity index (χ1) is 18.3. The van der Waals surface area contributed by atoms with Crippen LogP contribution in [0.25, 0.3) is 0 Å². The smallest absolute Gasteiger partial charge is 0.417 e. The van der Waals surface area contributed by atoms with Gasteiger partial charge < -0.3 is 24.4 Å². The van der Waals surface area contributed by atoms with E-state index < -0.39 is 41.6 Å². The van der Waals surface area contributed by atoms with Gasteiger partial charge in [0.2, 0.25) is 5.91 Å². The zero-order valence-corrected chi connectivity index (χ0v) is 22.3. The third kappa shape index (κ3) is 6.39. The molecular weight excluding hydrogens is 558 g/mol. The quantitative estimate of drug-likeness (QED) is 0.384. The van der Waals surface area contributed by atoms with Crippen molar-refractivity contribution in [2.75, 3.05) is 26.4 Å². The predicted molar refractivity (Wildman–Crippen MR) is 140 cm³/mol. The number of aliphatic hydroxyl groups is 2. The summed E-state index contributed by atoms with van der Waals surface area (Å²) in [6.45, 7) is 0.303. The number of nitrogens with zero attached hydrogens (tertiary/aromatic N) is 1. The average Bonchev–Trinajstić information content (AvgIpc) is 3.31. The maximum absolute atomic E-state index is 14.0. The van der Waals surface area contributed by atoms with E-state index in [1.165, 1.54) is 6.08 Å². The molecule has 1 fully saturated rings. The Labute approximate surface area is 229 Å². The Morgan fingerprint density at radius 1 is 1.11 bits per heavy atom. The summed E-state index contributed by atoms with van der Waals surface area (Å²) >= 11 is 3.25. The molecule has 2 amide bonds. The number of carbonyl (C=O) groups is 3. The van der Waals surface area contributed by atoms with Crippen LogP contribution in [0, 0.1) is 5.92 Å². The van der Waals surface area contributed by atoms with E-state index in [4.69, 9.17) is 19.3 Å². The lowest BCUT2D eigenvalue weighted by atomic mass is 9.87. The maximum Gasteiger partial charge on any atom is 0.417 e. The Balaban J connectivity index is 1.63. The zero-order chi connectivity index (χ0) is 27.1. The molecule has 2 N–H and O–H groups in total. The van der Waals surface area contributed by atoms with Crippen LogP contribution in [-0.2, 0) is 30.2 Å². The first kappa shape index (κ1) is 28.1. The van der Waals surface area contributed by atoms with Gasteiger partial charge in [0, 0.05) is 13.0 Å². The number of cyclic esters (lactones) is 1. The van der Waals surface area contributed by atoms with Gasteiger partial charge in [0.25, 0.3) is 0 Å². The van der Waals surface area contributed by atoms with E-state index in [1.54, 1.807) is 12.1 Å². The molecular formula is C28H30BrNO8. The van der Waals surface area contributed by atoms with Gasteiger partial charge in [-0.05, 0) is 46.0 Å². The molecule has 0 aromatic heterocycles. The lowest BCUT2D eigenvalue weighted by molar-refractivity contribution is -0.218. The molecule has 0 bridgehead atoms. The van der Waals surface area contributed by atoms with Crippen molar-refractivity contribution in [2.24, 2.45) is 5.92 Å². The van der Waals surface area contributed by atoms with E-state index in [1.807, 2.05) is 48.5 Å². The third-order valence-electron chi connectivity index (χ3n) is 6.56. The molecule has 0 radical (unpaired) electrons. The topological polar surface area (TPSA) is 123 Å². The highest BCUT2D eigenvalue weighted by Crippen LogP contribution is 2.38. The van der Waals surface area contributed by atoms with Crippen LogP contribution in [0.5, 0.6) is 0 Å². The van der Waals surface area contributed by atoms with Crippen molar-refractivity contribution in [3.8, 4) is 0 Å². The summed E-state index contributed by atoms with van der Waals surface area (Å²) in [5.41, 5.74) is 1.49. The van der Waals surface area contributed by atoms with Crippen LogP contribution in [-0.4, -0.2) is 71.2 Å². The van der Waals surface area contributed by atoms with E-state index in [2.05, 4.69) is 15.9 Å². The van der Waals surface area contributed by atoms with Crippen LogP contribution >= 0.6 is 15.9 Å². The van der Waals surface area contributed by atoms with Gasteiger partial charge in [0.1, 0.15) is 18.8 Å². The fourth-order valence-corrected chi connectivity index (χ4v) is 5.16. The Bertz CT molecular complexity index is 1160. The fourth-order valence-electron chi connectivity index (χ4n) is 4.64. The van der Waals surface area contributed by atoms with Crippen molar-refractivity contribution in [3.05, 3.63) is 82.3 Å². The monoisotopic (exact) mass is 587 g/mol. The molecule has 0 unspecified atom stereocenters. The van der Waals surface area contributed by atoms with Gasteiger partial charge in [0.15, 0.2) is 11.6 Å². The summed E-state index contributed by atoms with van der Waals surface area (Å²) in [5, 5.41) is 20.2. The number of ether oxygens (including phenoxy) is 3. The van der Waals surface area contributed by atoms with E-state index >= 15 is 0 Å². The summed E-state index contributed by atoms with van der Waals surface area (Å²) in [6, 6.07) is 17.5. The Hall–Kier alpha value is -2.89. The van der Waals surface area contributed by atoms with Gasteiger partial charge in [0.05, 0.1) is 23.6 Å². The van der Waals surface area contributed by atoms with Crippen LogP contribution in [0.1, 0.15) is 30.0 Å². The van der Waals surface area contributed by atoms with Gasteiger partial charge in [-0.15, -0.1) is 0 Å². The second-order valence-corrected chi connectivity index (χ2v) is 10.0. The highest BCUT2D eigenvalue weighted by molar-refractivity contribution is 9.11. The predicted octanol–water partition coefficient (Wildman–Crippen LogP) is 3.29. The van der Waals surface area contributed by atoms with Crippen molar-refractivity contribution in [2.45, 2.75) is 37.2 Å². The summed E-state index contributed by atoms with van der Waals surface area (Å²) < 4.78 is 16.6. The average molecular weight is 588 g/mol. The number of amides is 2. The lowest BCUT2D eigenvalue weighted by Gasteiger charge is -2.38. The number of ketones is 1. The molecule has 0 saturated carbocycles. The second-order valence-electron chi connectivity index (χ2n) is 9.16. The van der Waals surface area contributed by atoms with E-state index in [9.17, 15) is 19.5 Å². The van der Waals surface area contributed by atoms with Crippen LogP contribution in [0.2, 0.25) is 0 Å². The molecule has 202 valence electrons. The first-order valence-electron chi connectivity index (χ1n) is 12.4. The van der Waals surface area contributed by atoms with Crippen LogP contribution in [0.15, 0.2) is 71.2 Å². The normalized spacial score (nSPS) is 24.2. The molecule has 4 atom stereocenters. The summed E-state index contributed by atoms with van der Waals surface area (Å²) in [6.07, 6.45) is -0.376. The summed E-state index contributed by atoms with van der Waals surface area (Å²) in [5.74, 6) is -4.11. The van der Waals surface area contributed by atoms with Gasteiger partial charge in [-0.25, -0.2) is 9.69 Å². The van der Waals surface area contributed by atoms with Crippen LogP contribution < -0.4 is 0 Å². The number of hydrogen-bond donors (Lipinski definition) is 2. The van der Waals surface area contributed by atoms with E-state index in [0.29, 0.717) is 6.42 Å². The second kappa shape index (κ2) is 12.8. The minimum Gasteiger partial charge on any atom is -0.446 e. The zero-order valence-electron chi connectivity index (χ0n) is 20.7. The van der Waals surface area contributed by atoms with Gasteiger partial charge in [-0.2, -0.15) is 0 Å². The standard InChI is InChI=1S/C28H30BrNO8/c29-24-17-23(32)25(38-28(24,35)12-7-14-36-15-13-31)21(16-19-8-3-1-4-9-19)26(33)30-22(18-37-27(30)34)20-10-5-2-6-11-20/h1-6,8-11,17,21-22,25,31,35H,7,12-16,18H2/t21-,22+,25-,28+/m1/s1.